The molecule has 1 fully saturated rings. The Bertz CT molecular complexity index is 123. The van der Waals surface area contributed by atoms with Crippen molar-refractivity contribution in [2.45, 2.75) is 44.1 Å². The zero-order valence-electron chi connectivity index (χ0n) is 7.53. The van der Waals surface area contributed by atoms with Gasteiger partial charge in [-0.2, -0.15) is 0 Å². The summed E-state index contributed by atoms with van der Waals surface area (Å²) in [5, 5.41) is 3.45. The summed E-state index contributed by atoms with van der Waals surface area (Å²) in [6.07, 6.45) is 10.0. The van der Waals surface area contributed by atoms with Crippen LogP contribution >= 0.6 is 0 Å². The van der Waals surface area contributed by atoms with E-state index >= 15 is 0 Å². The van der Waals surface area contributed by atoms with E-state index in [1.807, 2.05) is 6.08 Å². The van der Waals surface area contributed by atoms with Gasteiger partial charge in [0.15, 0.2) is 0 Å². The van der Waals surface area contributed by atoms with Gasteiger partial charge in [0.2, 0.25) is 0 Å². The lowest BCUT2D eigenvalue weighted by Crippen LogP contribution is -2.43. The van der Waals surface area contributed by atoms with Crippen molar-refractivity contribution in [1.82, 2.24) is 5.32 Å². The minimum Gasteiger partial charge on any atom is -0.314 e. The Morgan fingerprint density at radius 2 is 2.00 bits per heavy atom. The Balaban J connectivity index is 2.49. The molecule has 1 aliphatic rings. The molecule has 0 aromatic carbocycles. The molecule has 1 saturated carbocycles. The maximum Gasteiger partial charge on any atom is 0.0212 e. The van der Waals surface area contributed by atoms with E-state index in [1.54, 1.807) is 0 Å². The monoisotopic (exact) mass is 153 g/mol. The molecular formula is C10H19N. The second kappa shape index (κ2) is 3.91. The quantitative estimate of drug-likeness (QED) is 0.614. The number of rotatable bonds is 3. The molecule has 0 saturated heterocycles. The predicted octanol–water partition coefficient (Wildman–Crippen LogP) is 2.48. The first-order valence-corrected chi connectivity index (χ1v) is 4.63. The summed E-state index contributed by atoms with van der Waals surface area (Å²) in [7, 11) is 2.08. The van der Waals surface area contributed by atoms with Crippen LogP contribution in [-0.2, 0) is 0 Å². The molecule has 1 heteroatoms. The molecule has 1 rings (SSSR count). The van der Waals surface area contributed by atoms with Crippen LogP contribution in [0.3, 0.4) is 0 Å². The summed E-state index contributed by atoms with van der Waals surface area (Å²) < 4.78 is 0. The molecule has 0 heterocycles. The van der Waals surface area contributed by atoms with Crippen molar-refractivity contribution in [2.75, 3.05) is 7.05 Å². The molecule has 0 unspecified atom stereocenters. The SMILES string of the molecule is C=CCC1(NC)CCCCC1. The second-order valence-electron chi connectivity index (χ2n) is 3.58. The third-order valence-corrected chi connectivity index (χ3v) is 2.88. The van der Waals surface area contributed by atoms with Gasteiger partial charge in [0.1, 0.15) is 0 Å². The van der Waals surface area contributed by atoms with Crippen LogP contribution in [0.2, 0.25) is 0 Å². The highest BCUT2D eigenvalue weighted by Gasteiger charge is 2.28. The van der Waals surface area contributed by atoms with Crippen molar-refractivity contribution >= 4 is 0 Å². The zero-order chi connectivity index (χ0) is 8.16. The molecule has 0 bridgehead atoms. The van der Waals surface area contributed by atoms with Gasteiger partial charge < -0.3 is 5.32 Å². The summed E-state index contributed by atoms with van der Waals surface area (Å²) in [6, 6.07) is 0. The van der Waals surface area contributed by atoms with Crippen molar-refractivity contribution < 1.29 is 0 Å². The maximum atomic E-state index is 3.81. The molecule has 11 heavy (non-hydrogen) atoms. The molecule has 64 valence electrons. The van der Waals surface area contributed by atoms with Crippen LogP contribution in [0.5, 0.6) is 0 Å². The van der Waals surface area contributed by atoms with Gasteiger partial charge in [0.05, 0.1) is 0 Å². The highest BCUT2D eigenvalue weighted by Crippen LogP contribution is 2.30. The van der Waals surface area contributed by atoms with Gasteiger partial charge in [-0.05, 0) is 26.3 Å². The zero-order valence-corrected chi connectivity index (χ0v) is 7.53. The van der Waals surface area contributed by atoms with E-state index in [0.29, 0.717) is 5.54 Å². The first kappa shape index (κ1) is 8.79. The topological polar surface area (TPSA) is 12.0 Å². The second-order valence-corrected chi connectivity index (χ2v) is 3.58. The van der Waals surface area contributed by atoms with Crippen molar-refractivity contribution in [1.29, 1.82) is 0 Å². The third-order valence-electron chi connectivity index (χ3n) is 2.88. The van der Waals surface area contributed by atoms with E-state index in [9.17, 15) is 0 Å². The lowest BCUT2D eigenvalue weighted by Gasteiger charge is -2.36. The fraction of sp³-hybridized carbons (Fsp3) is 0.800. The molecule has 0 spiro atoms. The summed E-state index contributed by atoms with van der Waals surface area (Å²) in [4.78, 5) is 0. The van der Waals surface area contributed by atoms with Crippen LogP contribution in [0.4, 0.5) is 0 Å². The van der Waals surface area contributed by atoms with Gasteiger partial charge >= 0.3 is 0 Å². The standard InChI is InChI=1S/C10H19N/c1-3-7-10(11-2)8-5-4-6-9-10/h3,11H,1,4-9H2,2H3. The summed E-state index contributed by atoms with van der Waals surface area (Å²) in [5.74, 6) is 0. The van der Waals surface area contributed by atoms with Crippen molar-refractivity contribution in [3.8, 4) is 0 Å². The largest absolute Gasteiger partial charge is 0.314 e. The van der Waals surface area contributed by atoms with Gasteiger partial charge in [-0.3, -0.25) is 0 Å². The summed E-state index contributed by atoms with van der Waals surface area (Å²) in [6.45, 7) is 3.81. The van der Waals surface area contributed by atoms with E-state index in [4.69, 9.17) is 0 Å². The molecule has 0 amide bonds. The molecule has 0 aliphatic heterocycles. The van der Waals surface area contributed by atoms with Crippen molar-refractivity contribution in [3.63, 3.8) is 0 Å². The van der Waals surface area contributed by atoms with Gasteiger partial charge in [0, 0.05) is 5.54 Å². The van der Waals surface area contributed by atoms with Crippen molar-refractivity contribution in [2.24, 2.45) is 0 Å². The molecule has 1 N–H and O–H groups in total. The fourth-order valence-electron chi connectivity index (χ4n) is 2.06. The Kier molecular flexibility index (Phi) is 3.13. The number of hydrogen-bond acceptors (Lipinski definition) is 1. The molecular weight excluding hydrogens is 134 g/mol. The summed E-state index contributed by atoms with van der Waals surface area (Å²) >= 11 is 0. The van der Waals surface area contributed by atoms with E-state index < -0.39 is 0 Å². The van der Waals surface area contributed by atoms with Gasteiger partial charge in [-0.1, -0.05) is 25.3 Å². The molecule has 0 aromatic heterocycles. The Hall–Kier alpha value is -0.300. The van der Waals surface area contributed by atoms with Gasteiger partial charge in [-0.25, -0.2) is 0 Å². The highest BCUT2D eigenvalue weighted by atomic mass is 14.9. The number of nitrogens with one attached hydrogen (secondary N) is 1. The van der Waals surface area contributed by atoms with E-state index in [0.717, 1.165) is 6.42 Å². The van der Waals surface area contributed by atoms with Crippen LogP contribution in [0.25, 0.3) is 0 Å². The molecule has 0 aromatic rings. The minimum atomic E-state index is 0.403. The van der Waals surface area contributed by atoms with E-state index in [2.05, 4.69) is 18.9 Å². The van der Waals surface area contributed by atoms with E-state index in [1.165, 1.54) is 32.1 Å². The summed E-state index contributed by atoms with van der Waals surface area (Å²) in [5.41, 5.74) is 0.403. The lowest BCUT2D eigenvalue weighted by atomic mass is 9.79. The smallest absolute Gasteiger partial charge is 0.0212 e. The van der Waals surface area contributed by atoms with Crippen LogP contribution in [0.1, 0.15) is 38.5 Å². The Morgan fingerprint density at radius 1 is 1.36 bits per heavy atom. The predicted molar refractivity (Wildman–Crippen MR) is 49.7 cm³/mol. The molecule has 1 nitrogen and oxygen atoms in total. The van der Waals surface area contributed by atoms with Crippen molar-refractivity contribution in [3.05, 3.63) is 12.7 Å². The van der Waals surface area contributed by atoms with Crippen LogP contribution < -0.4 is 5.32 Å². The maximum absolute atomic E-state index is 3.81. The Morgan fingerprint density at radius 3 is 2.45 bits per heavy atom. The third kappa shape index (κ3) is 2.06. The average molecular weight is 153 g/mol. The first-order valence-electron chi connectivity index (χ1n) is 4.63. The van der Waals surface area contributed by atoms with E-state index in [-0.39, 0.29) is 0 Å². The van der Waals surface area contributed by atoms with Crippen LogP contribution in [0, 0.1) is 0 Å². The molecule has 1 aliphatic carbocycles. The Labute approximate surface area is 69.9 Å². The first-order chi connectivity index (χ1) is 5.33. The van der Waals surface area contributed by atoms with Gasteiger partial charge in [-0.15, -0.1) is 6.58 Å². The normalized spacial score (nSPS) is 23.0. The van der Waals surface area contributed by atoms with Crippen LogP contribution in [0.15, 0.2) is 12.7 Å². The average Bonchev–Trinajstić information content (AvgIpc) is 2.07. The fourth-order valence-corrected chi connectivity index (χ4v) is 2.06. The minimum absolute atomic E-state index is 0.403. The highest BCUT2D eigenvalue weighted by molar-refractivity contribution is 4.94. The van der Waals surface area contributed by atoms with Gasteiger partial charge in [0.25, 0.3) is 0 Å². The van der Waals surface area contributed by atoms with Crippen LogP contribution in [-0.4, -0.2) is 12.6 Å². The lowest BCUT2D eigenvalue weighted by molar-refractivity contribution is 0.249. The molecule has 0 radical (unpaired) electrons. The molecule has 0 atom stereocenters. The number of hydrogen-bond donors (Lipinski definition) is 1.